The van der Waals surface area contributed by atoms with Gasteiger partial charge in [0.1, 0.15) is 5.54 Å². The molecule has 2 N–H and O–H groups in total. The quantitative estimate of drug-likeness (QED) is 0.851. The normalized spacial score (nSPS) is 14.3. The molecule has 114 valence electrons. The van der Waals surface area contributed by atoms with E-state index in [1.54, 1.807) is 6.92 Å². The summed E-state index contributed by atoms with van der Waals surface area (Å²) in [5, 5.41) is 12.5. The van der Waals surface area contributed by atoms with E-state index in [1.807, 2.05) is 37.4 Å². The average Bonchev–Trinajstić information content (AvgIpc) is 2.80. The minimum Gasteiger partial charge on any atom is -0.480 e. The van der Waals surface area contributed by atoms with Gasteiger partial charge in [0.05, 0.1) is 5.69 Å². The summed E-state index contributed by atoms with van der Waals surface area (Å²) in [6, 6.07) is 1.99. The molecule has 6 nitrogen and oxygen atoms in total. The molecule has 0 radical (unpaired) electrons. The van der Waals surface area contributed by atoms with Crippen LogP contribution in [-0.4, -0.2) is 31.0 Å². The predicted octanol–water partition coefficient (Wildman–Crippen LogP) is 2.08. The summed E-state index contributed by atoms with van der Waals surface area (Å²) >= 11 is 0. The van der Waals surface area contributed by atoms with Crippen molar-refractivity contribution in [3.8, 4) is 0 Å². The van der Waals surface area contributed by atoms with Gasteiger partial charge in [0.15, 0.2) is 0 Å². The van der Waals surface area contributed by atoms with Gasteiger partial charge in [0.25, 0.3) is 0 Å². The molecule has 0 aromatic carbocycles. The molecule has 0 saturated carbocycles. The lowest BCUT2D eigenvalue weighted by atomic mass is 9.96. The Morgan fingerprint density at radius 3 is 2.76 bits per heavy atom. The zero-order valence-electron chi connectivity index (χ0n) is 13.0. The number of hydrogen-bond acceptors (Lipinski definition) is 4. The highest BCUT2D eigenvalue weighted by atomic mass is 16.4. The third-order valence-electron chi connectivity index (χ3n) is 3.69. The molecular weight excluding hydrogens is 268 g/mol. The first-order chi connectivity index (χ1) is 9.85. The minimum absolute atomic E-state index is 0.407. The number of aryl methyl sites for hydroxylation is 2. The predicted molar refractivity (Wildman–Crippen MR) is 80.2 cm³/mol. The largest absolute Gasteiger partial charge is 0.480 e. The number of imidazole rings is 1. The van der Waals surface area contributed by atoms with Crippen molar-refractivity contribution in [3.05, 3.63) is 29.3 Å². The SMILES string of the molecule is CCCC(C)(NCc1cn2c(C)cc(C)nc2n1)C(=O)O. The Labute approximate surface area is 124 Å². The Kier molecular flexibility index (Phi) is 4.27. The van der Waals surface area contributed by atoms with Crippen LogP contribution in [0.25, 0.3) is 5.78 Å². The van der Waals surface area contributed by atoms with Crippen LogP contribution >= 0.6 is 0 Å². The maximum Gasteiger partial charge on any atom is 0.323 e. The summed E-state index contributed by atoms with van der Waals surface area (Å²) in [5.74, 6) is -0.185. The molecule has 2 heterocycles. The first-order valence-corrected chi connectivity index (χ1v) is 7.16. The monoisotopic (exact) mass is 290 g/mol. The number of nitrogens with one attached hydrogen (secondary N) is 1. The van der Waals surface area contributed by atoms with Crippen LogP contribution in [-0.2, 0) is 11.3 Å². The number of aromatic nitrogens is 3. The molecule has 2 rings (SSSR count). The Morgan fingerprint density at radius 1 is 1.43 bits per heavy atom. The molecular formula is C15H22N4O2. The topological polar surface area (TPSA) is 79.5 Å². The van der Waals surface area contributed by atoms with Crippen molar-refractivity contribution in [2.24, 2.45) is 0 Å². The van der Waals surface area contributed by atoms with Crippen molar-refractivity contribution < 1.29 is 9.90 Å². The number of aliphatic carboxylic acids is 1. The lowest BCUT2D eigenvalue weighted by Gasteiger charge is -2.25. The van der Waals surface area contributed by atoms with Gasteiger partial charge in [-0.2, -0.15) is 0 Å². The van der Waals surface area contributed by atoms with E-state index in [9.17, 15) is 9.90 Å². The first kappa shape index (κ1) is 15.4. The molecule has 0 aliphatic carbocycles. The Morgan fingerprint density at radius 2 is 2.14 bits per heavy atom. The third kappa shape index (κ3) is 3.21. The van der Waals surface area contributed by atoms with Crippen LogP contribution in [0, 0.1) is 13.8 Å². The van der Waals surface area contributed by atoms with Gasteiger partial charge in [-0.15, -0.1) is 0 Å². The molecule has 0 aliphatic rings. The van der Waals surface area contributed by atoms with Crippen LogP contribution in [0.5, 0.6) is 0 Å². The van der Waals surface area contributed by atoms with E-state index in [4.69, 9.17) is 0 Å². The fraction of sp³-hybridized carbons (Fsp3) is 0.533. The summed E-state index contributed by atoms with van der Waals surface area (Å²) in [6.07, 6.45) is 3.28. The van der Waals surface area contributed by atoms with Crippen LogP contribution < -0.4 is 5.32 Å². The minimum atomic E-state index is -0.928. The van der Waals surface area contributed by atoms with E-state index >= 15 is 0 Å². The molecule has 2 aromatic rings. The molecule has 0 spiro atoms. The van der Waals surface area contributed by atoms with E-state index in [0.717, 1.165) is 23.5 Å². The number of hydrogen-bond donors (Lipinski definition) is 2. The standard InChI is InChI=1S/C15H22N4O2/c1-5-6-15(4,13(20)21)16-8-12-9-19-11(3)7-10(2)17-14(19)18-12/h7,9,16H,5-6,8H2,1-4H3,(H,20,21). The van der Waals surface area contributed by atoms with Crippen molar-refractivity contribution in [1.29, 1.82) is 0 Å². The number of rotatable bonds is 6. The second-order valence-corrected chi connectivity index (χ2v) is 5.68. The van der Waals surface area contributed by atoms with E-state index in [2.05, 4.69) is 15.3 Å². The molecule has 1 unspecified atom stereocenters. The number of fused-ring (bicyclic) bond motifs is 1. The van der Waals surface area contributed by atoms with Crippen molar-refractivity contribution in [1.82, 2.24) is 19.7 Å². The number of nitrogens with zero attached hydrogens (tertiary/aromatic N) is 3. The van der Waals surface area contributed by atoms with Gasteiger partial charge in [0, 0.05) is 24.1 Å². The van der Waals surface area contributed by atoms with E-state index in [-0.39, 0.29) is 0 Å². The molecule has 2 aromatic heterocycles. The second kappa shape index (κ2) is 5.81. The van der Waals surface area contributed by atoms with E-state index in [0.29, 0.717) is 18.7 Å². The lowest BCUT2D eigenvalue weighted by Crippen LogP contribution is -2.49. The van der Waals surface area contributed by atoms with Gasteiger partial charge in [-0.1, -0.05) is 13.3 Å². The fourth-order valence-electron chi connectivity index (χ4n) is 2.46. The van der Waals surface area contributed by atoms with Crippen molar-refractivity contribution in [3.63, 3.8) is 0 Å². The average molecular weight is 290 g/mol. The summed E-state index contributed by atoms with van der Waals surface area (Å²) in [7, 11) is 0. The maximum absolute atomic E-state index is 11.4. The van der Waals surface area contributed by atoms with Gasteiger partial charge in [0.2, 0.25) is 5.78 Å². The second-order valence-electron chi connectivity index (χ2n) is 5.68. The van der Waals surface area contributed by atoms with Crippen molar-refractivity contribution in [2.75, 3.05) is 0 Å². The highest BCUT2D eigenvalue weighted by Gasteiger charge is 2.31. The third-order valence-corrected chi connectivity index (χ3v) is 3.69. The smallest absolute Gasteiger partial charge is 0.323 e. The lowest BCUT2D eigenvalue weighted by molar-refractivity contribution is -0.144. The van der Waals surface area contributed by atoms with E-state index < -0.39 is 11.5 Å². The van der Waals surface area contributed by atoms with Gasteiger partial charge in [-0.05, 0) is 33.3 Å². The number of carboxylic acid groups (broad SMARTS) is 1. The fourth-order valence-corrected chi connectivity index (χ4v) is 2.46. The molecule has 0 fully saturated rings. The molecule has 6 heteroatoms. The van der Waals surface area contributed by atoms with Crippen LogP contribution in [0.1, 0.15) is 43.8 Å². The molecule has 0 amide bonds. The highest BCUT2D eigenvalue weighted by molar-refractivity contribution is 5.78. The Bertz CT molecular complexity index is 665. The van der Waals surface area contributed by atoms with Gasteiger partial charge < -0.3 is 5.11 Å². The van der Waals surface area contributed by atoms with E-state index in [1.165, 1.54) is 0 Å². The Balaban J connectivity index is 2.20. The van der Waals surface area contributed by atoms with Crippen LogP contribution in [0.15, 0.2) is 12.3 Å². The van der Waals surface area contributed by atoms with Crippen LogP contribution in [0.2, 0.25) is 0 Å². The molecule has 0 bridgehead atoms. The van der Waals surface area contributed by atoms with Crippen LogP contribution in [0.3, 0.4) is 0 Å². The highest BCUT2D eigenvalue weighted by Crippen LogP contribution is 2.14. The van der Waals surface area contributed by atoms with Crippen molar-refractivity contribution >= 4 is 11.7 Å². The number of carbonyl (C=O) groups is 1. The van der Waals surface area contributed by atoms with Gasteiger partial charge in [-0.25, -0.2) is 9.97 Å². The maximum atomic E-state index is 11.4. The summed E-state index contributed by atoms with van der Waals surface area (Å²) < 4.78 is 1.92. The molecule has 21 heavy (non-hydrogen) atoms. The molecule has 1 atom stereocenters. The molecule has 0 saturated heterocycles. The van der Waals surface area contributed by atoms with Gasteiger partial charge >= 0.3 is 5.97 Å². The zero-order chi connectivity index (χ0) is 15.6. The van der Waals surface area contributed by atoms with Crippen LogP contribution in [0.4, 0.5) is 0 Å². The summed E-state index contributed by atoms with van der Waals surface area (Å²) in [6.45, 7) is 8.03. The van der Waals surface area contributed by atoms with Gasteiger partial charge in [-0.3, -0.25) is 14.5 Å². The zero-order valence-corrected chi connectivity index (χ0v) is 13.0. The Hall–Kier alpha value is -1.95. The summed E-state index contributed by atoms with van der Waals surface area (Å²) in [4.78, 5) is 20.2. The van der Waals surface area contributed by atoms with Crippen molar-refractivity contribution in [2.45, 2.75) is 52.6 Å². The number of carboxylic acids is 1. The first-order valence-electron chi connectivity index (χ1n) is 7.16. The summed E-state index contributed by atoms with van der Waals surface area (Å²) in [5.41, 5.74) is 1.85. The molecule has 0 aliphatic heterocycles.